The summed E-state index contributed by atoms with van der Waals surface area (Å²) in [5, 5.41) is 4.19. The van der Waals surface area contributed by atoms with Crippen LogP contribution in [0.4, 0.5) is 0 Å². The van der Waals surface area contributed by atoms with E-state index in [0.29, 0.717) is 22.6 Å². The number of hydrogen-bond donors (Lipinski definition) is 1. The Kier molecular flexibility index (Phi) is 6.38. The first-order valence-electron chi connectivity index (χ1n) is 10.2. The summed E-state index contributed by atoms with van der Waals surface area (Å²) >= 11 is 1.32. The third kappa shape index (κ3) is 4.36. The smallest absolute Gasteiger partial charge is 0.262 e. The number of benzene rings is 2. The van der Waals surface area contributed by atoms with Crippen LogP contribution in [0.5, 0.6) is 5.75 Å². The number of para-hydroxylation sites is 2. The van der Waals surface area contributed by atoms with Gasteiger partial charge in [0, 0.05) is 18.2 Å². The number of nitrogens with one attached hydrogen (secondary N) is 1. The Morgan fingerprint density at radius 1 is 1.17 bits per heavy atom. The summed E-state index contributed by atoms with van der Waals surface area (Å²) in [7, 11) is 1.62. The molecule has 1 heterocycles. The van der Waals surface area contributed by atoms with Gasteiger partial charge in [-0.15, -0.1) is 0 Å². The molecule has 4 rings (SSSR count). The van der Waals surface area contributed by atoms with Crippen LogP contribution in [0.15, 0.2) is 58.5 Å². The molecule has 0 saturated heterocycles. The highest BCUT2D eigenvalue weighted by atomic mass is 32.2. The molecule has 1 aliphatic carbocycles. The summed E-state index contributed by atoms with van der Waals surface area (Å²) < 4.78 is 7.14. The zero-order valence-electron chi connectivity index (χ0n) is 17.0. The summed E-state index contributed by atoms with van der Waals surface area (Å²) in [6.45, 7) is 0.393. The van der Waals surface area contributed by atoms with Crippen molar-refractivity contribution in [2.45, 2.75) is 43.4 Å². The van der Waals surface area contributed by atoms with Gasteiger partial charge in [0.05, 0.1) is 23.8 Å². The van der Waals surface area contributed by atoms with E-state index in [1.165, 1.54) is 11.8 Å². The molecular formula is C23H25N3O3S. The number of ether oxygens (including phenoxy) is 1. The molecule has 0 aliphatic heterocycles. The minimum atomic E-state index is -0.105. The zero-order valence-corrected chi connectivity index (χ0v) is 17.8. The van der Waals surface area contributed by atoms with Gasteiger partial charge in [-0.25, -0.2) is 4.98 Å². The molecule has 1 fully saturated rings. The first kappa shape index (κ1) is 20.5. The Morgan fingerprint density at radius 3 is 2.70 bits per heavy atom. The van der Waals surface area contributed by atoms with Gasteiger partial charge in [-0.3, -0.25) is 14.2 Å². The van der Waals surface area contributed by atoms with Gasteiger partial charge in [-0.05, 0) is 31.0 Å². The minimum Gasteiger partial charge on any atom is -0.496 e. The van der Waals surface area contributed by atoms with Gasteiger partial charge in [0.1, 0.15) is 5.75 Å². The Morgan fingerprint density at radius 2 is 1.90 bits per heavy atom. The van der Waals surface area contributed by atoms with Crippen LogP contribution in [0.1, 0.15) is 37.3 Å². The molecule has 1 amide bonds. The van der Waals surface area contributed by atoms with E-state index in [-0.39, 0.29) is 23.3 Å². The van der Waals surface area contributed by atoms with Crippen LogP contribution in [-0.4, -0.2) is 28.3 Å². The van der Waals surface area contributed by atoms with Gasteiger partial charge >= 0.3 is 0 Å². The van der Waals surface area contributed by atoms with Crippen molar-refractivity contribution in [2.24, 2.45) is 0 Å². The average Bonchev–Trinajstić information content (AvgIpc) is 3.31. The largest absolute Gasteiger partial charge is 0.496 e. The van der Waals surface area contributed by atoms with E-state index in [2.05, 4.69) is 5.32 Å². The third-order valence-electron chi connectivity index (χ3n) is 5.47. The maximum absolute atomic E-state index is 13.2. The summed E-state index contributed by atoms with van der Waals surface area (Å²) in [5.41, 5.74) is 1.59. The lowest BCUT2D eigenvalue weighted by Crippen LogP contribution is -2.28. The summed E-state index contributed by atoms with van der Waals surface area (Å²) in [5.74, 6) is 0.843. The van der Waals surface area contributed by atoms with Crippen molar-refractivity contribution in [3.8, 4) is 5.75 Å². The molecule has 1 aromatic heterocycles. The molecule has 0 atom stereocenters. The Balaban J connectivity index is 1.51. The van der Waals surface area contributed by atoms with Crippen LogP contribution in [-0.2, 0) is 11.3 Å². The van der Waals surface area contributed by atoms with Gasteiger partial charge in [0.2, 0.25) is 5.91 Å². The lowest BCUT2D eigenvalue weighted by atomic mass is 10.2. The maximum Gasteiger partial charge on any atom is 0.262 e. The number of thioether (sulfide) groups is 1. The molecule has 3 aromatic rings. The molecule has 1 saturated carbocycles. The number of nitrogens with zero attached hydrogens (tertiary/aromatic N) is 2. The lowest BCUT2D eigenvalue weighted by molar-refractivity contribution is -0.118. The minimum absolute atomic E-state index is 0.00979. The molecule has 0 radical (unpaired) electrons. The first-order valence-corrected chi connectivity index (χ1v) is 11.2. The fourth-order valence-corrected chi connectivity index (χ4v) is 4.83. The van der Waals surface area contributed by atoms with E-state index in [9.17, 15) is 9.59 Å². The van der Waals surface area contributed by atoms with E-state index in [4.69, 9.17) is 9.72 Å². The number of aromatic nitrogens is 2. The molecule has 30 heavy (non-hydrogen) atoms. The Hall–Kier alpha value is -2.80. The highest BCUT2D eigenvalue weighted by molar-refractivity contribution is 7.99. The fraction of sp³-hybridized carbons (Fsp3) is 0.348. The van der Waals surface area contributed by atoms with E-state index in [1.807, 2.05) is 53.1 Å². The van der Waals surface area contributed by atoms with Crippen molar-refractivity contribution in [2.75, 3.05) is 12.9 Å². The number of carbonyl (C=O) groups excluding carboxylic acids is 1. The molecular weight excluding hydrogens is 398 g/mol. The molecule has 6 nitrogen and oxygen atoms in total. The first-order chi connectivity index (χ1) is 14.7. The van der Waals surface area contributed by atoms with E-state index in [1.54, 1.807) is 7.11 Å². The average molecular weight is 424 g/mol. The zero-order chi connectivity index (χ0) is 20.9. The van der Waals surface area contributed by atoms with Crippen LogP contribution in [0.2, 0.25) is 0 Å². The summed E-state index contributed by atoms with van der Waals surface area (Å²) in [6.07, 6.45) is 4.20. The predicted octanol–water partition coefficient (Wildman–Crippen LogP) is 3.93. The van der Waals surface area contributed by atoms with Crippen LogP contribution >= 0.6 is 11.8 Å². The van der Waals surface area contributed by atoms with Gasteiger partial charge in [0.25, 0.3) is 5.56 Å². The predicted molar refractivity (Wildman–Crippen MR) is 119 cm³/mol. The Labute approximate surface area is 179 Å². The van der Waals surface area contributed by atoms with E-state index in [0.717, 1.165) is 37.0 Å². The van der Waals surface area contributed by atoms with Crippen molar-refractivity contribution in [1.29, 1.82) is 0 Å². The van der Waals surface area contributed by atoms with E-state index < -0.39 is 0 Å². The second-order valence-corrected chi connectivity index (χ2v) is 8.34. The number of rotatable bonds is 7. The molecule has 156 valence electrons. The topological polar surface area (TPSA) is 73.2 Å². The molecule has 0 unspecified atom stereocenters. The van der Waals surface area contributed by atoms with E-state index >= 15 is 0 Å². The second-order valence-electron chi connectivity index (χ2n) is 7.40. The number of carbonyl (C=O) groups is 1. The molecule has 1 aliphatic rings. The normalized spacial score (nSPS) is 14.2. The summed E-state index contributed by atoms with van der Waals surface area (Å²) in [6, 6.07) is 15.2. The quantitative estimate of drug-likeness (QED) is 0.460. The third-order valence-corrected chi connectivity index (χ3v) is 6.42. The van der Waals surface area contributed by atoms with Crippen LogP contribution in [0.25, 0.3) is 10.9 Å². The lowest BCUT2D eigenvalue weighted by Gasteiger charge is -2.18. The Bertz CT molecular complexity index is 1110. The number of hydrogen-bond acceptors (Lipinski definition) is 5. The molecule has 0 bridgehead atoms. The van der Waals surface area contributed by atoms with Crippen molar-refractivity contribution in [3.63, 3.8) is 0 Å². The standard InChI is InChI=1S/C23H25N3O3S/c1-29-20-13-7-2-8-16(20)14-24-21(27)15-30-23-25-19-12-6-5-11-18(19)22(28)26(23)17-9-3-4-10-17/h2,5-8,11-13,17H,3-4,9-10,14-15H2,1H3,(H,24,27). The maximum atomic E-state index is 13.2. The number of amides is 1. The van der Waals surface area contributed by atoms with Crippen molar-refractivity contribution >= 4 is 28.6 Å². The molecule has 0 spiro atoms. The van der Waals surface area contributed by atoms with Crippen LogP contribution in [0, 0.1) is 0 Å². The van der Waals surface area contributed by atoms with Gasteiger partial charge in [0.15, 0.2) is 5.16 Å². The highest BCUT2D eigenvalue weighted by Crippen LogP contribution is 2.32. The molecule has 2 aromatic carbocycles. The van der Waals surface area contributed by atoms with Gasteiger partial charge < -0.3 is 10.1 Å². The number of fused-ring (bicyclic) bond motifs is 1. The van der Waals surface area contributed by atoms with Gasteiger partial charge in [-0.1, -0.05) is 54.9 Å². The highest BCUT2D eigenvalue weighted by Gasteiger charge is 2.23. The van der Waals surface area contributed by atoms with Crippen molar-refractivity contribution in [3.05, 3.63) is 64.4 Å². The second kappa shape index (κ2) is 9.34. The van der Waals surface area contributed by atoms with Crippen LogP contribution < -0.4 is 15.6 Å². The van der Waals surface area contributed by atoms with Gasteiger partial charge in [-0.2, -0.15) is 0 Å². The molecule has 1 N–H and O–H groups in total. The monoisotopic (exact) mass is 423 g/mol. The fourth-order valence-electron chi connectivity index (χ4n) is 3.94. The molecule has 7 heteroatoms. The van der Waals surface area contributed by atoms with Crippen molar-refractivity contribution < 1.29 is 9.53 Å². The summed E-state index contributed by atoms with van der Waals surface area (Å²) in [4.78, 5) is 30.4. The van der Waals surface area contributed by atoms with Crippen molar-refractivity contribution in [1.82, 2.24) is 14.9 Å². The van der Waals surface area contributed by atoms with Crippen LogP contribution in [0.3, 0.4) is 0 Å². The number of methoxy groups -OCH3 is 1. The SMILES string of the molecule is COc1ccccc1CNC(=O)CSc1nc2ccccc2c(=O)n1C1CCCC1.